The number of para-hydroxylation sites is 1. The molecule has 0 spiro atoms. The Balaban J connectivity index is 1.58. The first-order valence-electron chi connectivity index (χ1n) is 8.11. The SMILES string of the molecule is O=C(Oc1ccc(-c2ccccc2)cc1)c1cc2ccccc2oc1=O. The number of hydrogen-bond acceptors (Lipinski definition) is 4. The van der Waals surface area contributed by atoms with Gasteiger partial charge in [0.1, 0.15) is 16.9 Å². The average molecular weight is 342 g/mol. The van der Waals surface area contributed by atoms with Crippen LogP contribution < -0.4 is 10.4 Å². The van der Waals surface area contributed by atoms with Crippen LogP contribution in [-0.4, -0.2) is 5.97 Å². The smallest absolute Gasteiger partial charge is 0.351 e. The van der Waals surface area contributed by atoms with E-state index in [4.69, 9.17) is 9.15 Å². The molecule has 1 heterocycles. The molecule has 0 atom stereocenters. The van der Waals surface area contributed by atoms with E-state index in [1.54, 1.807) is 36.4 Å². The largest absolute Gasteiger partial charge is 0.423 e. The zero-order chi connectivity index (χ0) is 17.9. The lowest BCUT2D eigenvalue weighted by Gasteiger charge is -2.06. The zero-order valence-electron chi connectivity index (χ0n) is 13.7. The van der Waals surface area contributed by atoms with Gasteiger partial charge in [0.05, 0.1) is 0 Å². The molecule has 0 aliphatic rings. The summed E-state index contributed by atoms with van der Waals surface area (Å²) in [5.41, 5.74) is 1.67. The van der Waals surface area contributed by atoms with Gasteiger partial charge in [0.25, 0.3) is 0 Å². The maximum atomic E-state index is 12.4. The predicted molar refractivity (Wildman–Crippen MR) is 99.3 cm³/mol. The molecule has 0 aliphatic carbocycles. The van der Waals surface area contributed by atoms with Crippen LogP contribution in [0.25, 0.3) is 22.1 Å². The molecule has 4 aromatic rings. The first-order chi connectivity index (χ1) is 12.7. The molecule has 1 aromatic heterocycles. The van der Waals surface area contributed by atoms with Gasteiger partial charge in [-0.1, -0.05) is 60.7 Å². The van der Waals surface area contributed by atoms with Crippen LogP contribution in [0.2, 0.25) is 0 Å². The minimum Gasteiger partial charge on any atom is -0.423 e. The molecule has 0 saturated heterocycles. The summed E-state index contributed by atoms with van der Waals surface area (Å²) in [7, 11) is 0. The topological polar surface area (TPSA) is 56.5 Å². The molecule has 0 unspecified atom stereocenters. The second kappa shape index (κ2) is 6.69. The number of carbonyl (C=O) groups excluding carboxylic acids is 1. The van der Waals surface area contributed by atoms with E-state index in [-0.39, 0.29) is 5.56 Å². The van der Waals surface area contributed by atoms with Crippen molar-refractivity contribution >= 4 is 16.9 Å². The molecule has 3 aromatic carbocycles. The highest BCUT2D eigenvalue weighted by atomic mass is 16.5. The number of rotatable bonds is 3. The van der Waals surface area contributed by atoms with Crippen LogP contribution in [0.5, 0.6) is 5.75 Å². The van der Waals surface area contributed by atoms with E-state index in [0.29, 0.717) is 16.7 Å². The molecule has 0 aliphatic heterocycles. The fourth-order valence-corrected chi connectivity index (χ4v) is 2.71. The minimum absolute atomic E-state index is 0.129. The Morgan fingerprint density at radius 3 is 2.19 bits per heavy atom. The average Bonchev–Trinajstić information content (AvgIpc) is 2.68. The van der Waals surface area contributed by atoms with Crippen LogP contribution in [0.4, 0.5) is 0 Å². The molecule has 0 bridgehead atoms. The van der Waals surface area contributed by atoms with E-state index in [1.807, 2.05) is 42.5 Å². The Morgan fingerprint density at radius 1 is 0.769 bits per heavy atom. The first kappa shape index (κ1) is 15.8. The Bertz CT molecular complexity index is 1130. The van der Waals surface area contributed by atoms with Gasteiger partial charge >= 0.3 is 11.6 Å². The molecule has 4 nitrogen and oxygen atoms in total. The lowest BCUT2D eigenvalue weighted by Crippen LogP contribution is -2.18. The Labute approximate surface area is 149 Å². The van der Waals surface area contributed by atoms with Crippen molar-refractivity contribution in [2.24, 2.45) is 0 Å². The number of esters is 1. The summed E-state index contributed by atoms with van der Waals surface area (Å²) >= 11 is 0. The van der Waals surface area contributed by atoms with Crippen LogP contribution >= 0.6 is 0 Å². The van der Waals surface area contributed by atoms with Crippen LogP contribution in [0.1, 0.15) is 10.4 Å². The highest BCUT2D eigenvalue weighted by Crippen LogP contribution is 2.22. The van der Waals surface area contributed by atoms with Crippen molar-refractivity contribution in [3.63, 3.8) is 0 Å². The number of fused-ring (bicyclic) bond motifs is 1. The zero-order valence-corrected chi connectivity index (χ0v) is 13.7. The van der Waals surface area contributed by atoms with Crippen molar-refractivity contribution in [3.8, 4) is 16.9 Å². The second-order valence-corrected chi connectivity index (χ2v) is 5.77. The number of benzene rings is 3. The lowest BCUT2D eigenvalue weighted by molar-refractivity contribution is 0.0730. The molecule has 0 amide bonds. The third-order valence-electron chi connectivity index (χ3n) is 4.03. The molecule has 4 rings (SSSR count). The van der Waals surface area contributed by atoms with E-state index in [9.17, 15) is 9.59 Å². The molecule has 0 radical (unpaired) electrons. The molecule has 126 valence electrons. The van der Waals surface area contributed by atoms with Crippen LogP contribution in [-0.2, 0) is 0 Å². The summed E-state index contributed by atoms with van der Waals surface area (Å²) in [4.78, 5) is 24.4. The molecule has 4 heteroatoms. The fourth-order valence-electron chi connectivity index (χ4n) is 2.71. The van der Waals surface area contributed by atoms with Gasteiger partial charge in [-0.2, -0.15) is 0 Å². The number of hydrogen-bond donors (Lipinski definition) is 0. The van der Waals surface area contributed by atoms with Gasteiger partial charge in [0.2, 0.25) is 0 Å². The summed E-state index contributed by atoms with van der Waals surface area (Å²) in [6.07, 6.45) is 0. The van der Waals surface area contributed by atoms with Gasteiger partial charge in [-0.05, 0) is 35.4 Å². The molecule has 0 fully saturated rings. The standard InChI is InChI=1S/C22H14O4/c23-21(19-14-17-8-4-5-9-20(17)26-22(19)24)25-18-12-10-16(11-13-18)15-6-2-1-3-7-15/h1-14H. The van der Waals surface area contributed by atoms with Crippen molar-refractivity contribution < 1.29 is 13.9 Å². The molecule has 0 N–H and O–H groups in total. The second-order valence-electron chi connectivity index (χ2n) is 5.77. The summed E-state index contributed by atoms with van der Waals surface area (Å²) in [6, 6.07) is 25.5. The fraction of sp³-hybridized carbons (Fsp3) is 0. The van der Waals surface area contributed by atoms with Gasteiger partial charge in [-0.15, -0.1) is 0 Å². The van der Waals surface area contributed by atoms with Crippen molar-refractivity contribution in [2.75, 3.05) is 0 Å². The number of carbonyl (C=O) groups is 1. The highest BCUT2D eigenvalue weighted by Gasteiger charge is 2.16. The van der Waals surface area contributed by atoms with Crippen molar-refractivity contribution in [2.45, 2.75) is 0 Å². The van der Waals surface area contributed by atoms with Crippen molar-refractivity contribution in [1.29, 1.82) is 0 Å². The lowest BCUT2D eigenvalue weighted by atomic mass is 10.1. The maximum Gasteiger partial charge on any atom is 0.351 e. The predicted octanol–water partition coefficient (Wildman–Crippen LogP) is 4.68. The van der Waals surface area contributed by atoms with Gasteiger partial charge in [-0.3, -0.25) is 0 Å². The van der Waals surface area contributed by atoms with Crippen LogP contribution in [0, 0.1) is 0 Å². The summed E-state index contributed by atoms with van der Waals surface area (Å²) in [5.74, 6) is -0.376. The van der Waals surface area contributed by atoms with Crippen molar-refractivity contribution in [3.05, 3.63) is 101 Å². The Hall–Kier alpha value is -3.66. The molecular formula is C22H14O4. The van der Waals surface area contributed by atoms with Crippen LogP contribution in [0.3, 0.4) is 0 Å². The van der Waals surface area contributed by atoms with Crippen LogP contribution in [0.15, 0.2) is 94.1 Å². The summed E-state index contributed by atoms with van der Waals surface area (Å²) < 4.78 is 10.5. The van der Waals surface area contributed by atoms with Crippen molar-refractivity contribution in [1.82, 2.24) is 0 Å². The Kier molecular flexibility index (Phi) is 4.07. The quantitative estimate of drug-likeness (QED) is 0.308. The summed E-state index contributed by atoms with van der Waals surface area (Å²) in [5, 5.41) is 0.665. The first-order valence-corrected chi connectivity index (χ1v) is 8.11. The third kappa shape index (κ3) is 3.13. The van der Waals surface area contributed by atoms with Gasteiger partial charge in [0.15, 0.2) is 0 Å². The summed E-state index contributed by atoms with van der Waals surface area (Å²) in [6.45, 7) is 0. The van der Waals surface area contributed by atoms with E-state index < -0.39 is 11.6 Å². The van der Waals surface area contributed by atoms with E-state index in [0.717, 1.165) is 11.1 Å². The molecule has 26 heavy (non-hydrogen) atoms. The van der Waals surface area contributed by atoms with E-state index in [2.05, 4.69) is 0 Å². The minimum atomic E-state index is -0.739. The molecule has 0 saturated carbocycles. The van der Waals surface area contributed by atoms with Gasteiger partial charge in [0, 0.05) is 5.39 Å². The molecular weight excluding hydrogens is 328 g/mol. The normalized spacial score (nSPS) is 10.6. The number of ether oxygens (including phenoxy) is 1. The third-order valence-corrected chi connectivity index (χ3v) is 4.03. The van der Waals surface area contributed by atoms with E-state index in [1.165, 1.54) is 6.07 Å². The van der Waals surface area contributed by atoms with E-state index >= 15 is 0 Å². The highest BCUT2D eigenvalue weighted by molar-refractivity contribution is 5.94. The van der Waals surface area contributed by atoms with Gasteiger partial charge in [-0.25, -0.2) is 9.59 Å². The maximum absolute atomic E-state index is 12.4. The Morgan fingerprint density at radius 2 is 1.42 bits per heavy atom. The van der Waals surface area contributed by atoms with Gasteiger partial charge < -0.3 is 9.15 Å². The monoisotopic (exact) mass is 342 g/mol.